The number of carbonyl (C=O) groups excluding carboxylic acids is 1. The number of thioether (sulfide) groups is 1. The summed E-state index contributed by atoms with van der Waals surface area (Å²) in [5, 5.41) is 8.36. The van der Waals surface area contributed by atoms with Gasteiger partial charge in [-0.3, -0.25) is 4.79 Å². The fourth-order valence-corrected chi connectivity index (χ4v) is 3.70. The van der Waals surface area contributed by atoms with Crippen LogP contribution in [0.5, 0.6) is 5.75 Å². The highest BCUT2D eigenvalue weighted by atomic mass is 32.2. The van der Waals surface area contributed by atoms with Gasteiger partial charge in [0.15, 0.2) is 0 Å². The van der Waals surface area contributed by atoms with E-state index < -0.39 is 0 Å². The van der Waals surface area contributed by atoms with Crippen LogP contribution in [0.1, 0.15) is 16.6 Å². The standard InChI is InChI=1S/C16H20N4O3S/c1-22-8-7-20-15(21)11-24-16(20)14-10-19(18-17-14)9-12-3-5-13(23-2)6-4-12/h3-6,10,16H,7-9,11H2,1-2H3/t16-/m0/s1. The third kappa shape index (κ3) is 3.70. The lowest BCUT2D eigenvalue weighted by Crippen LogP contribution is -2.31. The van der Waals surface area contributed by atoms with Gasteiger partial charge in [0.05, 0.1) is 32.2 Å². The van der Waals surface area contributed by atoms with Gasteiger partial charge in [0.1, 0.15) is 16.8 Å². The van der Waals surface area contributed by atoms with Crippen molar-refractivity contribution in [2.24, 2.45) is 0 Å². The Labute approximate surface area is 144 Å². The zero-order chi connectivity index (χ0) is 16.9. The summed E-state index contributed by atoms with van der Waals surface area (Å²) in [6, 6.07) is 7.84. The molecule has 1 atom stereocenters. The first-order chi connectivity index (χ1) is 11.7. The van der Waals surface area contributed by atoms with Crippen LogP contribution in [0.15, 0.2) is 30.5 Å². The monoisotopic (exact) mass is 348 g/mol. The number of benzene rings is 1. The van der Waals surface area contributed by atoms with Crippen molar-refractivity contribution >= 4 is 17.7 Å². The minimum atomic E-state index is -0.0859. The van der Waals surface area contributed by atoms with E-state index >= 15 is 0 Å². The minimum absolute atomic E-state index is 0.0859. The number of carbonyl (C=O) groups is 1. The summed E-state index contributed by atoms with van der Waals surface area (Å²) in [5.41, 5.74) is 1.91. The normalized spacial score (nSPS) is 17.5. The van der Waals surface area contributed by atoms with Crippen LogP contribution in [-0.2, 0) is 16.1 Å². The Hall–Kier alpha value is -2.06. The smallest absolute Gasteiger partial charge is 0.233 e. The van der Waals surface area contributed by atoms with Crippen molar-refractivity contribution in [2.45, 2.75) is 11.9 Å². The molecule has 0 bridgehead atoms. The maximum Gasteiger partial charge on any atom is 0.233 e. The first-order valence-electron chi connectivity index (χ1n) is 7.64. The van der Waals surface area contributed by atoms with E-state index in [0.29, 0.717) is 25.4 Å². The Morgan fingerprint density at radius 2 is 2.08 bits per heavy atom. The van der Waals surface area contributed by atoms with Crippen LogP contribution in [-0.4, -0.2) is 58.9 Å². The molecule has 8 heteroatoms. The van der Waals surface area contributed by atoms with Gasteiger partial charge < -0.3 is 14.4 Å². The molecule has 1 aliphatic heterocycles. The first-order valence-corrected chi connectivity index (χ1v) is 8.69. The van der Waals surface area contributed by atoms with Crippen molar-refractivity contribution in [1.29, 1.82) is 0 Å². The second-order valence-electron chi connectivity index (χ2n) is 5.43. The molecule has 1 aliphatic rings. The van der Waals surface area contributed by atoms with Crippen molar-refractivity contribution in [3.63, 3.8) is 0 Å². The van der Waals surface area contributed by atoms with E-state index in [4.69, 9.17) is 9.47 Å². The molecule has 7 nitrogen and oxygen atoms in total. The Kier molecular flexibility index (Phi) is 5.37. The number of rotatable bonds is 7. The van der Waals surface area contributed by atoms with Gasteiger partial charge in [-0.05, 0) is 17.7 Å². The van der Waals surface area contributed by atoms with Crippen LogP contribution < -0.4 is 4.74 Å². The van der Waals surface area contributed by atoms with E-state index in [2.05, 4.69) is 10.3 Å². The van der Waals surface area contributed by atoms with Crippen molar-refractivity contribution < 1.29 is 14.3 Å². The molecule has 128 valence electrons. The lowest BCUT2D eigenvalue weighted by molar-refractivity contribution is -0.128. The lowest BCUT2D eigenvalue weighted by atomic mass is 10.2. The Morgan fingerprint density at radius 1 is 1.29 bits per heavy atom. The SMILES string of the molecule is COCCN1C(=O)CS[C@H]1c1cn(Cc2ccc(OC)cc2)nn1. The fourth-order valence-electron chi connectivity index (χ4n) is 2.55. The summed E-state index contributed by atoms with van der Waals surface area (Å²) in [4.78, 5) is 13.8. The minimum Gasteiger partial charge on any atom is -0.497 e. The van der Waals surface area contributed by atoms with Gasteiger partial charge >= 0.3 is 0 Å². The predicted molar refractivity (Wildman–Crippen MR) is 90.9 cm³/mol. The highest BCUT2D eigenvalue weighted by Crippen LogP contribution is 2.37. The van der Waals surface area contributed by atoms with Gasteiger partial charge in [0, 0.05) is 13.7 Å². The molecular weight excluding hydrogens is 328 g/mol. The molecule has 0 spiro atoms. The van der Waals surface area contributed by atoms with Crippen LogP contribution >= 0.6 is 11.8 Å². The van der Waals surface area contributed by atoms with Crippen molar-refractivity contribution in [3.8, 4) is 5.75 Å². The summed E-state index contributed by atoms with van der Waals surface area (Å²) in [7, 11) is 3.28. The van der Waals surface area contributed by atoms with Crippen LogP contribution in [0, 0.1) is 0 Å². The van der Waals surface area contributed by atoms with Gasteiger partial charge in [-0.15, -0.1) is 16.9 Å². The van der Waals surface area contributed by atoms with E-state index in [1.165, 1.54) is 0 Å². The third-order valence-electron chi connectivity index (χ3n) is 3.82. The van der Waals surface area contributed by atoms with Crippen LogP contribution in [0.4, 0.5) is 0 Å². The highest BCUT2D eigenvalue weighted by molar-refractivity contribution is 8.00. The molecule has 0 unspecified atom stereocenters. The maximum absolute atomic E-state index is 12.0. The molecule has 1 saturated heterocycles. The predicted octanol–water partition coefficient (Wildman–Crippen LogP) is 1.56. The van der Waals surface area contributed by atoms with Crippen molar-refractivity contribution in [3.05, 3.63) is 41.7 Å². The van der Waals surface area contributed by atoms with Gasteiger partial charge in [-0.25, -0.2) is 4.68 Å². The summed E-state index contributed by atoms with van der Waals surface area (Å²) >= 11 is 1.58. The molecule has 1 aromatic carbocycles. The molecule has 2 aromatic rings. The Morgan fingerprint density at radius 3 is 2.79 bits per heavy atom. The molecule has 0 radical (unpaired) electrons. The number of ether oxygens (including phenoxy) is 2. The topological polar surface area (TPSA) is 69.5 Å². The third-order valence-corrected chi connectivity index (χ3v) is 5.04. The van der Waals surface area contributed by atoms with Crippen molar-refractivity contribution in [1.82, 2.24) is 19.9 Å². The van der Waals surface area contributed by atoms with E-state index in [1.807, 2.05) is 30.5 Å². The summed E-state index contributed by atoms with van der Waals surface area (Å²) in [6.45, 7) is 1.71. The maximum atomic E-state index is 12.0. The average Bonchev–Trinajstić information content (AvgIpc) is 3.20. The van der Waals surface area contributed by atoms with Gasteiger partial charge in [-0.2, -0.15) is 0 Å². The van der Waals surface area contributed by atoms with E-state index in [-0.39, 0.29) is 11.3 Å². The molecule has 24 heavy (non-hydrogen) atoms. The van der Waals surface area contributed by atoms with E-state index in [9.17, 15) is 4.79 Å². The molecule has 0 N–H and O–H groups in total. The number of methoxy groups -OCH3 is 2. The summed E-state index contributed by atoms with van der Waals surface area (Å²) in [6.07, 6.45) is 1.90. The average molecular weight is 348 g/mol. The summed E-state index contributed by atoms with van der Waals surface area (Å²) in [5.74, 6) is 1.42. The molecule has 0 aliphatic carbocycles. The van der Waals surface area contributed by atoms with Crippen LogP contribution in [0.3, 0.4) is 0 Å². The largest absolute Gasteiger partial charge is 0.497 e. The number of hydrogen-bond donors (Lipinski definition) is 0. The van der Waals surface area contributed by atoms with Gasteiger partial charge in [0.25, 0.3) is 0 Å². The van der Waals surface area contributed by atoms with Crippen LogP contribution in [0.25, 0.3) is 0 Å². The van der Waals surface area contributed by atoms with Crippen molar-refractivity contribution in [2.75, 3.05) is 33.1 Å². The number of hydrogen-bond acceptors (Lipinski definition) is 6. The lowest BCUT2D eigenvalue weighted by Gasteiger charge is -2.21. The van der Waals surface area contributed by atoms with Gasteiger partial charge in [0.2, 0.25) is 5.91 Å². The zero-order valence-electron chi connectivity index (χ0n) is 13.7. The first kappa shape index (κ1) is 16.8. The fraction of sp³-hybridized carbons (Fsp3) is 0.438. The van der Waals surface area contributed by atoms with Crippen LogP contribution in [0.2, 0.25) is 0 Å². The number of aromatic nitrogens is 3. The molecule has 1 fully saturated rings. The molecule has 1 aromatic heterocycles. The van der Waals surface area contributed by atoms with E-state index in [1.54, 1.807) is 35.6 Å². The second-order valence-corrected chi connectivity index (χ2v) is 6.50. The quantitative estimate of drug-likeness (QED) is 0.756. The highest BCUT2D eigenvalue weighted by Gasteiger charge is 2.34. The Bertz CT molecular complexity index is 689. The number of nitrogens with zero attached hydrogens (tertiary/aromatic N) is 4. The van der Waals surface area contributed by atoms with Gasteiger partial charge in [-0.1, -0.05) is 17.3 Å². The molecular formula is C16H20N4O3S. The molecule has 0 saturated carbocycles. The number of amides is 1. The Balaban J connectivity index is 1.69. The molecule has 3 rings (SSSR count). The second kappa shape index (κ2) is 7.67. The zero-order valence-corrected chi connectivity index (χ0v) is 14.5. The molecule has 1 amide bonds. The van der Waals surface area contributed by atoms with E-state index in [0.717, 1.165) is 17.0 Å². The summed E-state index contributed by atoms with van der Waals surface area (Å²) < 4.78 is 12.0. The molecule has 2 heterocycles.